The van der Waals surface area contributed by atoms with E-state index in [1.165, 1.54) is 0 Å². The van der Waals surface area contributed by atoms with Gasteiger partial charge >= 0.3 is 6.18 Å². The summed E-state index contributed by atoms with van der Waals surface area (Å²) in [7, 11) is 0. The number of halogens is 3. The number of ether oxygens (including phenoxy) is 1. The predicted molar refractivity (Wildman–Crippen MR) is 82.0 cm³/mol. The van der Waals surface area contributed by atoms with Gasteiger partial charge in [-0.15, -0.1) is 0 Å². The van der Waals surface area contributed by atoms with Gasteiger partial charge in [-0.25, -0.2) is 0 Å². The lowest BCUT2D eigenvalue weighted by atomic mass is 10.1. The van der Waals surface area contributed by atoms with Crippen LogP contribution in [0.5, 0.6) is 5.75 Å². The van der Waals surface area contributed by atoms with E-state index in [1.807, 2.05) is 0 Å². The SMILES string of the molecule is NC(=O)c1ccc(OCC(F)(F)F)c(NC2=CC(=O)N(CCO)C2=O)c1. The minimum Gasteiger partial charge on any atom is -0.482 e. The third kappa shape index (κ3) is 4.51. The number of nitrogens with zero attached hydrogens (tertiary/aromatic N) is 1. The standard InChI is InChI=1S/C15H14F3N3O5/c16-15(17,18)7-26-11-2-1-8(13(19)24)5-9(11)20-10-6-12(23)21(3-4-22)14(10)25/h1-2,5-6,20,22H,3-4,7H2,(H2,19,24). The molecule has 1 heterocycles. The minimum absolute atomic E-state index is 0.0450. The van der Waals surface area contributed by atoms with Crippen LogP contribution in [0.1, 0.15) is 10.4 Å². The van der Waals surface area contributed by atoms with E-state index in [4.69, 9.17) is 10.8 Å². The van der Waals surface area contributed by atoms with Crippen molar-refractivity contribution in [1.29, 1.82) is 0 Å². The Hall–Kier alpha value is -3.08. The number of benzene rings is 1. The number of rotatable bonds is 7. The lowest BCUT2D eigenvalue weighted by Crippen LogP contribution is -2.34. The maximum absolute atomic E-state index is 12.4. The summed E-state index contributed by atoms with van der Waals surface area (Å²) in [5, 5.41) is 11.3. The minimum atomic E-state index is -4.60. The Labute approximate surface area is 145 Å². The number of hydrogen-bond acceptors (Lipinski definition) is 6. The van der Waals surface area contributed by atoms with E-state index in [0.29, 0.717) is 0 Å². The highest BCUT2D eigenvalue weighted by atomic mass is 19.4. The number of aliphatic hydroxyl groups is 1. The molecule has 0 saturated heterocycles. The van der Waals surface area contributed by atoms with Crippen LogP contribution in [0.4, 0.5) is 18.9 Å². The maximum Gasteiger partial charge on any atom is 0.422 e. The monoisotopic (exact) mass is 373 g/mol. The molecule has 0 spiro atoms. The third-order valence-electron chi connectivity index (χ3n) is 3.26. The van der Waals surface area contributed by atoms with E-state index < -0.39 is 37.1 Å². The average Bonchev–Trinajstić information content (AvgIpc) is 2.80. The Kier molecular flexibility index (Phi) is 5.50. The van der Waals surface area contributed by atoms with Crippen molar-refractivity contribution in [2.24, 2.45) is 5.73 Å². The number of primary amides is 1. The summed E-state index contributed by atoms with van der Waals surface area (Å²) < 4.78 is 41.8. The van der Waals surface area contributed by atoms with E-state index in [0.717, 1.165) is 29.2 Å². The molecule has 2 rings (SSSR count). The second kappa shape index (κ2) is 7.44. The first-order valence-corrected chi connectivity index (χ1v) is 7.21. The molecule has 8 nitrogen and oxygen atoms in total. The third-order valence-corrected chi connectivity index (χ3v) is 3.26. The maximum atomic E-state index is 12.4. The Morgan fingerprint density at radius 3 is 2.58 bits per heavy atom. The molecule has 3 amide bonds. The van der Waals surface area contributed by atoms with Gasteiger partial charge in [-0.05, 0) is 18.2 Å². The fourth-order valence-corrected chi connectivity index (χ4v) is 2.12. The smallest absolute Gasteiger partial charge is 0.422 e. The summed E-state index contributed by atoms with van der Waals surface area (Å²) in [5.74, 6) is -2.63. The molecule has 0 aromatic heterocycles. The molecular weight excluding hydrogens is 359 g/mol. The predicted octanol–water partition coefficient (Wildman–Crippen LogP) is 0.383. The zero-order valence-electron chi connectivity index (χ0n) is 13.2. The van der Waals surface area contributed by atoms with Crippen molar-refractivity contribution in [3.63, 3.8) is 0 Å². The van der Waals surface area contributed by atoms with Gasteiger partial charge in [0.1, 0.15) is 11.4 Å². The van der Waals surface area contributed by atoms with Gasteiger partial charge in [0.25, 0.3) is 11.8 Å². The van der Waals surface area contributed by atoms with Crippen molar-refractivity contribution in [2.75, 3.05) is 25.1 Å². The number of amides is 3. The van der Waals surface area contributed by atoms with E-state index in [2.05, 4.69) is 10.1 Å². The van der Waals surface area contributed by atoms with Crippen LogP contribution in [0.3, 0.4) is 0 Å². The summed E-state index contributed by atoms with van der Waals surface area (Å²) in [6.07, 6.45) is -3.68. The lowest BCUT2D eigenvalue weighted by Gasteiger charge is -2.16. The highest BCUT2D eigenvalue weighted by Gasteiger charge is 2.32. The average molecular weight is 373 g/mol. The van der Waals surface area contributed by atoms with Gasteiger partial charge in [-0.1, -0.05) is 0 Å². The summed E-state index contributed by atoms with van der Waals surface area (Å²) in [6, 6.07) is 3.34. The molecule has 0 saturated carbocycles. The van der Waals surface area contributed by atoms with Crippen molar-refractivity contribution in [3.8, 4) is 5.75 Å². The number of nitrogens with two attached hydrogens (primary N) is 1. The molecule has 1 aliphatic heterocycles. The van der Waals surface area contributed by atoms with E-state index in [1.54, 1.807) is 0 Å². The van der Waals surface area contributed by atoms with Gasteiger partial charge in [0.15, 0.2) is 6.61 Å². The van der Waals surface area contributed by atoms with Crippen LogP contribution in [0, 0.1) is 0 Å². The number of aliphatic hydroxyl groups excluding tert-OH is 1. The molecule has 0 atom stereocenters. The first-order valence-electron chi connectivity index (χ1n) is 7.21. The fraction of sp³-hybridized carbons (Fsp3) is 0.267. The number of carbonyl (C=O) groups is 3. The van der Waals surface area contributed by atoms with Gasteiger partial charge in [0.2, 0.25) is 5.91 Å². The first kappa shape index (κ1) is 19.2. The number of carbonyl (C=O) groups excluding carboxylic acids is 3. The molecule has 140 valence electrons. The number of anilines is 1. The molecule has 0 fully saturated rings. The molecule has 1 aromatic carbocycles. The molecule has 1 aromatic rings. The van der Waals surface area contributed by atoms with Crippen molar-refractivity contribution in [1.82, 2.24) is 4.90 Å². The van der Waals surface area contributed by atoms with Crippen molar-refractivity contribution < 1.29 is 37.4 Å². The van der Waals surface area contributed by atoms with Crippen LogP contribution in [0.15, 0.2) is 30.0 Å². The van der Waals surface area contributed by atoms with Crippen LogP contribution < -0.4 is 15.8 Å². The molecule has 0 aliphatic carbocycles. The van der Waals surface area contributed by atoms with Crippen molar-refractivity contribution in [2.45, 2.75) is 6.18 Å². The van der Waals surface area contributed by atoms with Crippen LogP contribution >= 0.6 is 0 Å². The largest absolute Gasteiger partial charge is 0.482 e. The molecule has 1 aliphatic rings. The van der Waals surface area contributed by atoms with Gasteiger partial charge in [-0.3, -0.25) is 19.3 Å². The Morgan fingerprint density at radius 1 is 1.31 bits per heavy atom. The Morgan fingerprint density at radius 2 is 2.00 bits per heavy atom. The molecule has 0 bridgehead atoms. The molecule has 0 unspecified atom stereocenters. The number of nitrogens with one attached hydrogen (secondary N) is 1. The normalized spacial score (nSPS) is 14.5. The second-order valence-electron chi connectivity index (χ2n) is 5.18. The summed E-state index contributed by atoms with van der Waals surface area (Å²) in [4.78, 5) is 35.8. The highest BCUT2D eigenvalue weighted by molar-refractivity contribution is 6.17. The molecule has 26 heavy (non-hydrogen) atoms. The summed E-state index contributed by atoms with van der Waals surface area (Å²) in [5.41, 5.74) is 4.69. The highest BCUT2D eigenvalue weighted by Crippen LogP contribution is 2.30. The molecule has 11 heteroatoms. The first-order chi connectivity index (χ1) is 12.1. The molecular formula is C15H14F3N3O5. The lowest BCUT2D eigenvalue weighted by molar-refractivity contribution is -0.153. The molecule has 4 N–H and O–H groups in total. The van der Waals surface area contributed by atoms with E-state index in [-0.39, 0.29) is 29.2 Å². The number of alkyl halides is 3. The number of β-amino-alcohol motifs (C(OH)–C–C–N with tert-alkyl or cyclic N) is 1. The Balaban J connectivity index is 2.30. The zero-order valence-corrected chi connectivity index (χ0v) is 13.2. The van der Waals surface area contributed by atoms with Gasteiger partial charge in [0.05, 0.1) is 18.8 Å². The molecule has 0 radical (unpaired) electrons. The number of hydrogen-bond donors (Lipinski definition) is 3. The summed E-state index contributed by atoms with van der Waals surface area (Å²) >= 11 is 0. The zero-order chi connectivity index (χ0) is 19.5. The van der Waals surface area contributed by atoms with Gasteiger partial charge < -0.3 is 20.9 Å². The van der Waals surface area contributed by atoms with Crippen molar-refractivity contribution >= 4 is 23.4 Å². The second-order valence-corrected chi connectivity index (χ2v) is 5.18. The van der Waals surface area contributed by atoms with Gasteiger partial charge in [0, 0.05) is 11.6 Å². The fourth-order valence-electron chi connectivity index (χ4n) is 2.12. The number of imide groups is 1. The van der Waals surface area contributed by atoms with Crippen LogP contribution in [0.25, 0.3) is 0 Å². The Bertz CT molecular complexity index is 776. The quantitative estimate of drug-likeness (QED) is 0.594. The van der Waals surface area contributed by atoms with Crippen LogP contribution in [-0.2, 0) is 9.59 Å². The van der Waals surface area contributed by atoms with Crippen molar-refractivity contribution in [3.05, 3.63) is 35.5 Å². The van der Waals surface area contributed by atoms with Crippen LogP contribution in [0.2, 0.25) is 0 Å². The summed E-state index contributed by atoms with van der Waals surface area (Å²) in [6.45, 7) is -2.28. The van der Waals surface area contributed by atoms with Crippen LogP contribution in [-0.4, -0.2) is 53.7 Å². The van der Waals surface area contributed by atoms with Gasteiger partial charge in [-0.2, -0.15) is 13.2 Å². The van der Waals surface area contributed by atoms with E-state index >= 15 is 0 Å². The van der Waals surface area contributed by atoms with E-state index in [9.17, 15) is 27.6 Å². The topological polar surface area (TPSA) is 122 Å².